The highest BCUT2D eigenvalue weighted by molar-refractivity contribution is 5.81. The molecule has 0 atom stereocenters. The maximum absolute atomic E-state index is 5.81. The number of nitrogen functional groups attached to an aromatic ring is 1. The molecule has 3 rings (SSSR count). The molecule has 3 nitrogen and oxygen atoms in total. The van der Waals surface area contributed by atoms with E-state index in [9.17, 15) is 0 Å². The van der Waals surface area contributed by atoms with Crippen LogP contribution in [0.1, 0.15) is 31.7 Å². The van der Waals surface area contributed by atoms with E-state index in [1.807, 2.05) is 24.4 Å². The topological polar surface area (TPSA) is 43.8 Å². The van der Waals surface area contributed by atoms with Gasteiger partial charge in [0.2, 0.25) is 0 Å². The van der Waals surface area contributed by atoms with Crippen LogP contribution in [-0.2, 0) is 0 Å². The van der Waals surface area contributed by atoms with E-state index in [0.29, 0.717) is 6.04 Å². The molecule has 1 aromatic carbocycles. The summed E-state index contributed by atoms with van der Waals surface area (Å²) in [6.07, 6.45) is 7.10. The van der Waals surface area contributed by atoms with Crippen molar-refractivity contribution >= 4 is 16.6 Å². The number of fused-ring (bicyclic) bond motifs is 1. The second-order valence-corrected chi connectivity index (χ2v) is 4.35. The third-order valence-electron chi connectivity index (χ3n) is 3.29. The van der Waals surface area contributed by atoms with Gasteiger partial charge in [-0.2, -0.15) is 5.10 Å². The average Bonchev–Trinajstić information content (AvgIpc) is 2.83. The van der Waals surface area contributed by atoms with Crippen molar-refractivity contribution in [2.75, 3.05) is 5.73 Å². The first-order valence-corrected chi connectivity index (χ1v) is 5.57. The Hall–Kier alpha value is -1.51. The molecule has 1 aliphatic rings. The van der Waals surface area contributed by atoms with Crippen LogP contribution < -0.4 is 5.73 Å². The van der Waals surface area contributed by atoms with E-state index in [0.717, 1.165) is 5.69 Å². The van der Waals surface area contributed by atoms with Crippen molar-refractivity contribution in [1.29, 1.82) is 0 Å². The number of hydrogen-bond donors (Lipinski definition) is 1. The molecule has 1 saturated carbocycles. The van der Waals surface area contributed by atoms with Crippen molar-refractivity contribution in [3.8, 4) is 0 Å². The van der Waals surface area contributed by atoms with E-state index >= 15 is 0 Å². The van der Waals surface area contributed by atoms with Crippen LogP contribution in [0.5, 0.6) is 0 Å². The molecule has 78 valence electrons. The maximum Gasteiger partial charge on any atom is 0.0706 e. The minimum absolute atomic E-state index is 0.587. The van der Waals surface area contributed by atoms with Crippen LogP contribution in [0.2, 0.25) is 0 Å². The molecule has 0 amide bonds. The highest BCUT2D eigenvalue weighted by atomic mass is 15.3. The largest absolute Gasteiger partial charge is 0.399 e. The lowest BCUT2D eigenvalue weighted by Gasteiger charge is -2.11. The van der Waals surface area contributed by atoms with Crippen LogP contribution in [0.15, 0.2) is 24.4 Å². The highest BCUT2D eigenvalue weighted by Crippen LogP contribution is 2.31. The maximum atomic E-state index is 5.81. The Balaban J connectivity index is 2.13. The van der Waals surface area contributed by atoms with Gasteiger partial charge in [-0.1, -0.05) is 12.8 Å². The van der Waals surface area contributed by atoms with Gasteiger partial charge in [0.05, 0.1) is 17.8 Å². The predicted octanol–water partition coefficient (Wildman–Crippen LogP) is 2.73. The van der Waals surface area contributed by atoms with Crippen molar-refractivity contribution in [3.05, 3.63) is 24.4 Å². The van der Waals surface area contributed by atoms with E-state index in [-0.39, 0.29) is 0 Å². The zero-order chi connectivity index (χ0) is 10.3. The lowest BCUT2D eigenvalue weighted by molar-refractivity contribution is 0.482. The number of anilines is 1. The molecule has 1 aliphatic carbocycles. The molecule has 0 aliphatic heterocycles. The van der Waals surface area contributed by atoms with Gasteiger partial charge >= 0.3 is 0 Å². The Bertz CT molecular complexity index is 481. The van der Waals surface area contributed by atoms with E-state index < -0.39 is 0 Å². The summed E-state index contributed by atoms with van der Waals surface area (Å²) in [5.74, 6) is 0. The third kappa shape index (κ3) is 1.39. The Morgan fingerprint density at radius 3 is 2.87 bits per heavy atom. The summed E-state index contributed by atoms with van der Waals surface area (Å²) in [6.45, 7) is 0. The molecule has 1 heterocycles. The minimum Gasteiger partial charge on any atom is -0.399 e. The third-order valence-corrected chi connectivity index (χ3v) is 3.29. The van der Waals surface area contributed by atoms with Crippen molar-refractivity contribution < 1.29 is 0 Å². The van der Waals surface area contributed by atoms with E-state index in [1.54, 1.807) is 0 Å². The van der Waals surface area contributed by atoms with Gasteiger partial charge in [0.1, 0.15) is 0 Å². The quantitative estimate of drug-likeness (QED) is 0.721. The summed E-state index contributed by atoms with van der Waals surface area (Å²) in [7, 11) is 0. The molecule has 0 unspecified atom stereocenters. The van der Waals surface area contributed by atoms with Crippen LogP contribution in [0, 0.1) is 0 Å². The van der Waals surface area contributed by atoms with Crippen molar-refractivity contribution in [2.24, 2.45) is 0 Å². The van der Waals surface area contributed by atoms with Crippen LogP contribution in [-0.4, -0.2) is 9.78 Å². The average molecular weight is 201 g/mol. The molecule has 2 aromatic rings. The Kier molecular flexibility index (Phi) is 1.91. The number of aromatic nitrogens is 2. The first-order chi connectivity index (χ1) is 7.34. The summed E-state index contributed by atoms with van der Waals surface area (Å²) in [5.41, 5.74) is 7.81. The molecule has 1 fully saturated rings. The van der Waals surface area contributed by atoms with Gasteiger partial charge in [-0.15, -0.1) is 0 Å². The molecule has 0 saturated heterocycles. The molecule has 0 bridgehead atoms. The standard InChI is InChI=1S/C12H15N3/c13-10-6-5-9-8-14-15(12(9)7-10)11-3-1-2-4-11/h5-8,11H,1-4,13H2. The van der Waals surface area contributed by atoms with Crippen molar-refractivity contribution in [3.63, 3.8) is 0 Å². The molecular formula is C12H15N3. The smallest absolute Gasteiger partial charge is 0.0706 e. The second-order valence-electron chi connectivity index (χ2n) is 4.35. The molecule has 15 heavy (non-hydrogen) atoms. The van der Waals surface area contributed by atoms with Gasteiger partial charge in [0.25, 0.3) is 0 Å². The summed E-state index contributed by atoms with van der Waals surface area (Å²) in [6, 6.07) is 6.59. The SMILES string of the molecule is Nc1ccc2cnn(C3CCCC3)c2c1. The molecule has 0 spiro atoms. The van der Waals surface area contributed by atoms with Crippen LogP contribution in [0.3, 0.4) is 0 Å². The number of benzene rings is 1. The van der Waals surface area contributed by atoms with Gasteiger partial charge in [-0.3, -0.25) is 4.68 Å². The van der Waals surface area contributed by atoms with Gasteiger partial charge in [0, 0.05) is 11.1 Å². The number of rotatable bonds is 1. The first kappa shape index (κ1) is 8.77. The van der Waals surface area contributed by atoms with Gasteiger partial charge in [-0.25, -0.2) is 0 Å². The molecule has 3 heteroatoms. The fraction of sp³-hybridized carbons (Fsp3) is 0.417. The monoisotopic (exact) mass is 201 g/mol. The zero-order valence-electron chi connectivity index (χ0n) is 8.69. The second kappa shape index (κ2) is 3.26. The molecular weight excluding hydrogens is 186 g/mol. The van der Waals surface area contributed by atoms with E-state index in [2.05, 4.69) is 9.78 Å². The molecule has 1 aromatic heterocycles. The molecule has 0 radical (unpaired) electrons. The van der Waals surface area contributed by atoms with Gasteiger partial charge in [-0.05, 0) is 31.0 Å². The van der Waals surface area contributed by atoms with E-state index in [1.165, 1.54) is 36.6 Å². The summed E-state index contributed by atoms with van der Waals surface area (Å²) >= 11 is 0. The summed E-state index contributed by atoms with van der Waals surface area (Å²) in [5, 5.41) is 5.67. The van der Waals surface area contributed by atoms with E-state index in [4.69, 9.17) is 5.73 Å². The lowest BCUT2D eigenvalue weighted by atomic mass is 10.2. The fourth-order valence-corrected chi connectivity index (χ4v) is 2.49. The Morgan fingerprint density at radius 2 is 2.07 bits per heavy atom. The minimum atomic E-state index is 0.587. The normalized spacial score (nSPS) is 17.6. The van der Waals surface area contributed by atoms with Crippen LogP contribution in [0.4, 0.5) is 5.69 Å². The zero-order valence-corrected chi connectivity index (χ0v) is 8.69. The molecule has 2 N–H and O–H groups in total. The summed E-state index contributed by atoms with van der Waals surface area (Å²) in [4.78, 5) is 0. The number of hydrogen-bond acceptors (Lipinski definition) is 2. The van der Waals surface area contributed by atoms with Crippen LogP contribution >= 0.6 is 0 Å². The van der Waals surface area contributed by atoms with Crippen molar-refractivity contribution in [1.82, 2.24) is 9.78 Å². The highest BCUT2D eigenvalue weighted by Gasteiger charge is 2.19. The predicted molar refractivity (Wildman–Crippen MR) is 61.7 cm³/mol. The lowest BCUT2D eigenvalue weighted by Crippen LogP contribution is -2.06. The fourth-order valence-electron chi connectivity index (χ4n) is 2.49. The van der Waals surface area contributed by atoms with Gasteiger partial charge in [0.15, 0.2) is 0 Å². The Labute approximate surface area is 88.9 Å². The first-order valence-electron chi connectivity index (χ1n) is 5.57. The number of nitrogens with zero attached hydrogens (tertiary/aromatic N) is 2. The van der Waals surface area contributed by atoms with Crippen molar-refractivity contribution in [2.45, 2.75) is 31.7 Å². The summed E-state index contributed by atoms with van der Waals surface area (Å²) < 4.78 is 2.15. The number of nitrogens with two attached hydrogens (primary N) is 1. The van der Waals surface area contributed by atoms with Gasteiger partial charge < -0.3 is 5.73 Å². The van der Waals surface area contributed by atoms with Crippen LogP contribution in [0.25, 0.3) is 10.9 Å². The Morgan fingerprint density at radius 1 is 1.27 bits per heavy atom.